The molecule has 0 N–H and O–H groups in total. The summed E-state index contributed by atoms with van der Waals surface area (Å²) >= 11 is 0. The minimum Gasteiger partial charge on any atom is -0.274 e. The highest BCUT2D eigenvalue weighted by Gasteiger charge is 2.51. The van der Waals surface area contributed by atoms with Crippen molar-refractivity contribution in [3.05, 3.63) is 71.8 Å². The van der Waals surface area contributed by atoms with Crippen LogP contribution in [0.25, 0.3) is 0 Å². The Balaban J connectivity index is 1.37. The summed E-state index contributed by atoms with van der Waals surface area (Å²) in [6.45, 7) is 6.20. The van der Waals surface area contributed by atoms with Crippen LogP contribution in [0.1, 0.15) is 64.0 Å². The zero-order chi connectivity index (χ0) is 30.2. The summed E-state index contributed by atoms with van der Waals surface area (Å²) in [6, 6.07) is 16.4. The van der Waals surface area contributed by atoms with E-state index in [0.29, 0.717) is 19.3 Å². The van der Waals surface area contributed by atoms with Crippen LogP contribution in [0.4, 0.5) is 9.59 Å². The quantitative estimate of drug-likeness (QED) is 0.456. The molecule has 3 fully saturated rings. The van der Waals surface area contributed by atoms with Crippen molar-refractivity contribution in [2.45, 2.75) is 72.0 Å². The molecule has 3 aliphatic rings. The molecule has 2 unspecified atom stereocenters. The second-order valence-electron chi connectivity index (χ2n) is 12.8. The van der Waals surface area contributed by atoms with E-state index in [1.54, 1.807) is 0 Å². The van der Waals surface area contributed by atoms with Crippen molar-refractivity contribution >= 4 is 35.7 Å². The van der Waals surface area contributed by atoms with Crippen LogP contribution in [0.3, 0.4) is 0 Å². The molecule has 1 aliphatic carbocycles. The van der Waals surface area contributed by atoms with Crippen LogP contribution >= 0.6 is 0 Å². The molecule has 1 saturated carbocycles. The number of barbiturate groups is 2. The lowest BCUT2D eigenvalue weighted by atomic mass is 9.62. The molecule has 10 nitrogen and oxygen atoms in total. The summed E-state index contributed by atoms with van der Waals surface area (Å²) in [5, 5.41) is 0. The number of urea groups is 2. The number of rotatable bonds is 7. The first-order chi connectivity index (χ1) is 19.9. The largest absolute Gasteiger partial charge is 0.333 e. The van der Waals surface area contributed by atoms with Gasteiger partial charge in [0.2, 0.25) is 23.6 Å². The highest BCUT2D eigenvalue weighted by Crippen LogP contribution is 2.49. The van der Waals surface area contributed by atoms with Crippen molar-refractivity contribution in [2.75, 3.05) is 6.54 Å². The average molecular weight is 573 g/mol. The van der Waals surface area contributed by atoms with E-state index in [1.807, 2.05) is 81.4 Å². The molecule has 0 spiro atoms. The minimum atomic E-state index is -0.661. The Bertz CT molecular complexity index is 1420. The minimum absolute atomic E-state index is 0.0477. The molecular formula is C32H36N4O6. The maximum absolute atomic E-state index is 13.7. The molecular weight excluding hydrogens is 536 g/mol. The van der Waals surface area contributed by atoms with E-state index in [-0.39, 0.29) is 25.0 Å². The van der Waals surface area contributed by atoms with Gasteiger partial charge in [0.25, 0.3) is 0 Å². The smallest absolute Gasteiger partial charge is 0.274 e. The summed E-state index contributed by atoms with van der Waals surface area (Å²) in [5.74, 6) is -2.16. The second kappa shape index (κ2) is 11.2. The first kappa shape index (κ1) is 29.2. The standard InChI is InChI=1S/C32H36N4O6/c1-31(2)16-24(36-28(40)15-26(38)34(30(36)42)19-23-12-8-5-9-13-23)17-32(3,20-31)21-35-27(39)14-25(37)33(29(35)41)18-22-10-6-4-7-11-22/h4-13,24H,14-21H2,1-3H3. The fraction of sp³-hybridized carbons (Fsp3) is 0.438. The number of carbonyl (C=O) groups is 6. The van der Waals surface area contributed by atoms with Gasteiger partial charge in [0.15, 0.2) is 0 Å². The van der Waals surface area contributed by atoms with Gasteiger partial charge < -0.3 is 0 Å². The van der Waals surface area contributed by atoms with Crippen LogP contribution in [0, 0.1) is 10.8 Å². The molecule has 8 amide bonds. The van der Waals surface area contributed by atoms with E-state index in [2.05, 4.69) is 0 Å². The van der Waals surface area contributed by atoms with E-state index in [9.17, 15) is 28.8 Å². The average Bonchev–Trinajstić information content (AvgIpc) is 2.91. The van der Waals surface area contributed by atoms with E-state index >= 15 is 0 Å². The molecule has 2 saturated heterocycles. The molecule has 0 bridgehead atoms. The summed E-state index contributed by atoms with van der Waals surface area (Å²) in [6.07, 6.45) is 0.703. The fourth-order valence-electron chi connectivity index (χ4n) is 6.96. The van der Waals surface area contributed by atoms with Crippen molar-refractivity contribution in [3.8, 4) is 0 Å². The third-order valence-electron chi connectivity index (χ3n) is 8.37. The maximum Gasteiger partial charge on any atom is 0.333 e. The normalized spacial score (nSPS) is 25.0. The van der Waals surface area contributed by atoms with Crippen LogP contribution in [0.15, 0.2) is 60.7 Å². The van der Waals surface area contributed by atoms with Crippen molar-refractivity contribution < 1.29 is 28.8 Å². The Labute approximate surface area is 245 Å². The number of nitrogens with zero attached hydrogens (tertiary/aromatic N) is 4. The van der Waals surface area contributed by atoms with E-state index in [4.69, 9.17) is 0 Å². The summed E-state index contributed by atoms with van der Waals surface area (Å²) in [7, 11) is 0. The molecule has 2 heterocycles. The zero-order valence-corrected chi connectivity index (χ0v) is 24.2. The highest BCUT2D eigenvalue weighted by molar-refractivity contribution is 6.15. The van der Waals surface area contributed by atoms with Crippen molar-refractivity contribution in [1.82, 2.24) is 19.6 Å². The van der Waals surface area contributed by atoms with Crippen molar-refractivity contribution in [3.63, 3.8) is 0 Å². The number of imide groups is 4. The predicted octanol–water partition coefficient (Wildman–Crippen LogP) is 4.33. The van der Waals surface area contributed by atoms with Crippen LogP contribution < -0.4 is 0 Å². The Morgan fingerprint density at radius 3 is 1.64 bits per heavy atom. The van der Waals surface area contributed by atoms with Crippen LogP contribution in [-0.4, -0.2) is 67.9 Å². The Morgan fingerprint density at radius 2 is 1.10 bits per heavy atom. The Hall–Kier alpha value is -4.34. The highest BCUT2D eigenvalue weighted by atomic mass is 16.2. The Morgan fingerprint density at radius 1 is 0.619 bits per heavy atom. The van der Waals surface area contributed by atoms with E-state index < -0.39 is 60.0 Å². The maximum atomic E-state index is 13.7. The first-order valence-electron chi connectivity index (χ1n) is 14.2. The van der Waals surface area contributed by atoms with Gasteiger partial charge in [-0.05, 0) is 41.2 Å². The summed E-state index contributed by atoms with van der Waals surface area (Å²) in [5.41, 5.74) is 0.558. The number of amides is 8. The predicted molar refractivity (Wildman–Crippen MR) is 152 cm³/mol. The molecule has 2 aromatic rings. The number of carbonyl (C=O) groups excluding carboxylic acids is 6. The fourth-order valence-corrected chi connectivity index (χ4v) is 6.96. The molecule has 220 valence electrons. The number of hydrogen-bond acceptors (Lipinski definition) is 6. The molecule has 10 heteroatoms. The Kier molecular flexibility index (Phi) is 7.74. The van der Waals surface area contributed by atoms with Crippen molar-refractivity contribution in [2.24, 2.45) is 10.8 Å². The molecule has 5 rings (SSSR count). The topological polar surface area (TPSA) is 115 Å². The molecule has 42 heavy (non-hydrogen) atoms. The van der Waals surface area contributed by atoms with Crippen molar-refractivity contribution in [1.29, 1.82) is 0 Å². The third kappa shape index (κ3) is 5.98. The first-order valence-corrected chi connectivity index (χ1v) is 14.2. The molecule has 0 radical (unpaired) electrons. The van der Waals surface area contributed by atoms with Gasteiger partial charge in [-0.1, -0.05) is 81.4 Å². The van der Waals surface area contributed by atoms with Crippen LogP contribution in [0.5, 0.6) is 0 Å². The molecule has 2 aromatic carbocycles. The lowest BCUT2D eigenvalue weighted by Gasteiger charge is -2.51. The van der Waals surface area contributed by atoms with Gasteiger partial charge in [0, 0.05) is 12.6 Å². The van der Waals surface area contributed by atoms with E-state index in [1.165, 1.54) is 4.90 Å². The molecule has 2 aliphatic heterocycles. The van der Waals surface area contributed by atoms with Gasteiger partial charge in [-0.15, -0.1) is 0 Å². The summed E-state index contributed by atoms with van der Waals surface area (Å²) in [4.78, 5) is 83.5. The molecule has 2 atom stereocenters. The molecule has 0 aromatic heterocycles. The van der Waals surface area contributed by atoms with Crippen LogP contribution in [-0.2, 0) is 32.3 Å². The van der Waals surface area contributed by atoms with Gasteiger partial charge in [-0.25, -0.2) is 9.59 Å². The lowest BCUT2D eigenvalue weighted by molar-refractivity contribution is -0.149. The lowest BCUT2D eigenvalue weighted by Crippen LogP contribution is -2.62. The second-order valence-corrected chi connectivity index (χ2v) is 12.8. The van der Waals surface area contributed by atoms with E-state index in [0.717, 1.165) is 25.8 Å². The number of benzene rings is 2. The third-order valence-corrected chi connectivity index (χ3v) is 8.37. The zero-order valence-electron chi connectivity index (χ0n) is 24.2. The summed E-state index contributed by atoms with van der Waals surface area (Å²) < 4.78 is 0. The van der Waals surface area contributed by atoms with Gasteiger partial charge >= 0.3 is 12.1 Å². The van der Waals surface area contributed by atoms with Gasteiger partial charge in [0.1, 0.15) is 12.8 Å². The van der Waals surface area contributed by atoms with Gasteiger partial charge in [-0.3, -0.25) is 38.8 Å². The number of hydrogen-bond donors (Lipinski definition) is 0. The SMILES string of the molecule is CC1(C)CC(N2C(=O)CC(=O)N(Cc3ccccc3)C2=O)CC(C)(CN2C(=O)CC(=O)N(Cc3ccccc3)C2=O)C1. The van der Waals surface area contributed by atoms with Gasteiger partial charge in [-0.2, -0.15) is 0 Å². The monoisotopic (exact) mass is 572 g/mol. The van der Waals surface area contributed by atoms with Gasteiger partial charge in [0.05, 0.1) is 13.1 Å². The van der Waals surface area contributed by atoms with Crippen LogP contribution in [0.2, 0.25) is 0 Å².